The molecule has 1 aromatic heterocycles. The van der Waals surface area contributed by atoms with Crippen LogP contribution in [0.4, 0.5) is 0 Å². The Morgan fingerprint density at radius 3 is 2.71 bits per heavy atom. The molecule has 1 saturated carbocycles. The third-order valence-corrected chi connectivity index (χ3v) is 4.28. The number of nitrogens with two attached hydrogens (primary N) is 1. The number of hydrazine groups is 1. The summed E-state index contributed by atoms with van der Waals surface area (Å²) in [6, 6.07) is 13.2. The van der Waals surface area contributed by atoms with Gasteiger partial charge >= 0.3 is 0 Å². The van der Waals surface area contributed by atoms with E-state index in [1.54, 1.807) is 11.3 Å². The standard InChI is InChI=1S/C14H16N2S/c15-16-14(11-6-7-17-9-11)13-8-12(13)10-4-2-1-3-5-10/h1-7,9,12-14,16H,8,15H2. The molecule has 17 heavy (non-hydrogen) atoms. The fourth-order valence-corrected chi connectivity index (χ4v) is 3.28. The van der Waals surface area contributed by atoms with Gasteiger partial charge in [0.1, 0.15) is 0 Å². The van der Waals surface area contributed by atoms with Crippen LogP contribution >= 0.6 is 11.3 Å². The molecule has 3 rings (SSSR count). The highest BCUT2D eigenvalue weighted by Crippen LogP contribution is 2.53. The summed E-state index contributed by atoms with van der Waals surface area (Å²) >= 11 is 1.73. The highest BCUT2D eigenvalue weighted by Gasteiger charge is 2.44. The van der Waals surface area contributed by atoms with Gasteiger partial charge < -0.3 is 0 Å². The van der Waals surface area contributed by atoms with Crippen LogP contribution in [0, 0.1) is 5.92 Å². The molecule has 2 aromatic rings. The highest BCUT2D eigenvalue weighted by molar-refractivity contribution is 7.07. The van der Waals surface area contributed by atoms with Crippen molar-refractivity contribution in [1.82, 2.24) is 5.43 Å². The van der Waals surface area contributed by atoms with Gasteiger partial charge in [-0.25, -0.2) is 0 Å². The fraction of sp³-hybridized carbons (Fsp3) is 0.286. The maximum Gasteiger partial charge on any atom is 0.0502 e. The number of hydrogen-bond donors (Lipinski definition) is 2. The molecule has 3 unspecified atom stereocenters. The summed E-state index contributed by atoms with van der Waals surface area (Å²) in [6.45, 7) is 0. The van der Waals surface area contributed by atoms with Crippen molar-refractivity contribution in [3.05, 3.63) is 58.3 Å². The van der Waals surface area contributed by atoms with Gasteiger partial charge in [0.25, 0.3) is 0 Å². The van der Waals surface area contributed by atoms with E-state index in [0.29, 0.717) is 17.9 Å². The van der Waals surface area contributed by atoms with Gasteiger partial charge in [-0.15, -0.1) is 0 Å². The number of rotatable bonds is 4. The van der Waals surface area contributed by atoms with Gasteiger partial charge in [-0.05, 0) is 46.2 Å². The van der Waals surface area contributed by atoms with Gasteiger partial charge in [0, 0.05) is 0 Å². The fourth-order valence-electron chi connectivity index (χ4n) is 2.59. The van der Waals surface area contributed by atoms with Gasteiger partial charge in [-0.2, -0.15) is 11.3 Å². The van der Waals surface area contributed by atoms with E-state index in [1.165, 1.54) is 17.5 Å². The first-order chi connectivity index (χ1) is 8.40. The molecular weight excluding hydrogens is 228 g/mol. The largest absolute Gasteiger partial charge is 0.271 e. The molecule has 0 bridgehead atoms. The predicted molar refractivity (Wildman–Crippen MR) is 71.7 cm³/mol. The maximum absolute atomic E-state index is 5.70. The van der Waals surface area contributed by atoms with Crippen molar-refractivity contribution in [1.29, 1.82) is 0 Å². The molecule has 0 radical (unpaired) electrons. The first-order valence-electron chi connectivity index (χ1n) is 5.93. The van der Waals surface area contributed by atoms with Gasteiger partial charge in [-0.3, -0.25) is 11.3 Å². The Labute approximate surface area is 105 Å². The van der Waals surface area contributed by atoms with Crippen molar-refractivity contribution in [2.45, 2.75) is 18.4 Å². The first kappa shape index (κ1) is 11.0. The first-order valence-corrected chi connectivity index (χ1v) is 6.87. The molecule has 1 fully saturated rings. The van der Waals surface area contributed by atoms with Crippen LogP contribution in [0.25, 0.3) is 0 Å². The molecule has 0 spiro atoms. The minimum atomic E-state index is 0.298. The third-order valence-electron chi connectivity index (χ3n) is 3.58. The summed E-state index contributed by atoms with van der Waals surface area (Å²) < 4.78 is 0. The summed E-state index contributed by atoms with van der Waals surface area (Å²) in [4.78, 5) is 0. The topological polar surface area (TPSA) is 38.0 Å². The van der Waals surface area contributed by atoms with E-state index in [9.17, 15) is 0 Å². The molecule has 1 aromatic carbocycles. The smallest absolute Gasteiger partial charge is 0.0502 e. The summed E-state index contributed by atoms with van der Waals surface area (Å²) in [5.74, 6) is 7.00. The zero-order valence-corrected chi connectivity index (χ0v) is 10.4. The summed E-state index contributed by atoms with van der Waals surface area (Å²) in [7, 11) is 0. The van der Waals surface area contributed by atoms with Crippen LogP contribution in [-0.4, -0.2) is 0 Å². The van der Waals surface area contributed by atoms with Gasteiger partial charge in [0.15, 0.2) is 0 Å². The minimum absolute atomic E-state index is 0.298. The van der Waals surface area contributed by atoms with Crippen LogP contribution in [0.1, 0.15) is 29.5 Å². The Balaban J connectivity index is 1.75. The molecule has 0 saturated heterocycles. The van der Waals surface area contributed by atoms with Crippen LogP contribution in [-0.2, 0) is 0 Å². The van der Waals surface area contributed by atoms with Crippen molar-refractivity contribution in [2.24, 2.45) is 11.8 Å². The molecule has 0 amide bonds. The second-order valence-electron chi connectivity index (χ2n) is 4.62. The predicted octanol–water partition coefficient (Wildman–Crippen LogP) is 3.06. The Kier molecular flexibility index (Phi) is 2.97. The lowest BCUT2D eigenvalue weighted by molar-refractivity contribution is 0.489. The van der Waals surface area contributed by atoms with Gasteiger partial charge in [0.2, 0.25) is 0 Å². The van der Waals surface area contributed by atoms with E-state index in [1.807, 2.05) is 0 Å². The summed E-state index contributed by atoms with van der Waals surface area (Å²) in [6.07, 6.45) is 1.23. The maximum atomic E-state index is 5.70. The molecular formula is C14H16N2S. The number of benzene rings is 1. The molecule has 1 heterocycles. The number of thiophene rings is 1. The van der Waals surface area contributed by atoms with E-state index in [4.69, 9.17) is 5.84 Å². The van der Waals surface area contributed by atoms with Crippen LogP contribution in [0.2, 0.25) is 0 Å². The van der Waals surface area contributed by atoms with Crippen LogP contribution in [0.15, 0.2) is 47.2 Å². The Hall–Kier alpha value is -1.16. The molecule has 2 nitrogen and oxygen atoms in total. The van der Waals surface area contributed by atoms with E-state index >= 15 is 0 Å². The number of hydrogen-bond acceptors (Lipinski definition) is 3. The number of nitrogens with one attached hydrogen (secondary N) is 1. The molecule has 1 aliphatic carbocycles. The molecule has 88 valence electrons. The quantitative estimate of drug-likeness (QED) is 0.641. The van der Waals surface area contributed by atoms with E-state index in [-0.39, 0.29) is 0 Å². The lowest BCUT2D eigenvalue weighted by Gasteiger charge is -2.14. The van der Waals surface area contributed by atoms with Crippen LogP contribution in [0.3, 0.4) is 0 Å². The average molecular weight is 244 g/mol. The van der Waals surface area contributed by atoms with Crippen molar-refractivity contribution in [3.8, 4) is 0 Å². The Morgan fingerprint density at radius 2 is 2.06 bits per heavy atom. The van der Waals surface area contributed by atoms with Crippen molar-refractivity contribution >= 4 is 11.3 Å². The molecule has 3 atom stereocenters. The third kappa shape index (κ3) is 2.14. The zero-order chi connectivity index (χ0) is 11.7. The van der Waals surface area contributed by atoms with Crippen molar-refractivity contribution in [3.63, 3.8) is 0 Å². The molecule has 0 aliphatic heterocycles. The second-order valence-corrected chi connectivity index (χ2v) is 5.40. The van der Waals surface area contributed by atoms with E-state index in [0.717, 1.165) is 0 Å². The SMILES string of the molecule is NNC(c1ccsc1)C1CC1c1ccccc1. The monoisotopic (exact) mass is 244 g/mol. The van der Waals surface area contributed by atoms with Crippen LogP contribution < -0.4 is 11.3 Å². The lowest BCUT2D eigenvalue weighted by Crippen LogP contribution is -2.29. The summed E-state index contributed by atoms with van der Waals surface area (Å²) in [5.41, 5.74) is 5.73. The zero-order valence-electron chi connectivity index (χ0n) is 9.54. The van der Waals surface area contributed by atoms with Crippen molar-refractivity contribution in [2.75, 3.05) is 0 Å². The minimum Gasteiger partial charge on any atom is -0.271 e. The van der Waals surface area contributed by atoms with Gasteiger partial charge in [0.05, 0.1) is 6.04 Å². The van der Waals surface area contributed by atoms with Gasteiger partial charge in [-0.1, -0.05) is 30.3 Å². The molecule has 3 N–H and O–H groups in total. The van der Waals surface area contributed by atoms with Crippen molar-refractivity contribution < 1.29 is 0 Å². The second kappa shape index (κ2) is 4.61. The van der Waals surface area contributed by atoms with E-state index in [2.05, 4.69) is 52.6 Å². The molecule has 3 heteroatoms. The highest BCUT2D eigenvalue weighted by atomic mass is 32.1. The van der Waals surface area contributed by atoms with E-state index < -0.39 is 0 Å². The Morgan fingerprint density at radius 1 is 1.24 bits per heavy atom. The summed E-state index contributed by atoms with van der Waals surface area (Å²) in [5, 5.41) is 4.30. The Bertz CT molecular complexity index is 466. The van der Waals surface area contributed by atoms with Crippen LogP contribution in [0.5, 0.6) is 0 Å². The lowest BCUT2D eigenvalue weighted by atomic mass is 10.0. The average Bonchev–Trinajstić information content (AvgIpc) is 2.97. The molecule has 1 aliphatic rings. The normalized spacial score (nSPS) is 24.5.